The van der Waals surface area contributed by atoms with Crippen LogP contribution in [0.5, 0.6) is 0 Å². The lowest BCUT2D eigenvalue weighted by Gasteiger charge is -2.37. The van der Waals surface area contributed by atoms with E-state index in [1.54, 1.807) is 11.8 Å². The Balaban J connectivity index is 2.26. The lowest BCUT2D eigenvalue weighted by atomic mass is 9.94. The van der Waals surface area contributed by atoms with Crippen molar-refractivity contribution in [3.05, 3.63) is 24.3 Å². The number of para-hydroxylation sites is 1. The minimum atomic E-state index is 0.0188. The van der Waals surface area contributed by atoms with Gasteiger partial charge in [0.05, 0.1) is 5.69 Å². The number of thioether (sulfide) groups is 1. The Kier molecular flexibility index (Phi) is 6.99. The normalized spacial score (nSPS) is 19.5. The number of piperidine rings is 1. The third-order valence-electron chi connectivity index (χ3n) is 4.64. The van der Waals surface area contributed by atoms with Gasteiger partial charge < -0.3 is 16.0 Å². The Morgan fingerprint density at radius 2 is 2.12 bits per heavy atom. The predicted molar refractivity (Wildman–Crippen MR) is 107 cm³/mol. The van der Waals surface area contributed by atoms with Crippen molar-refractivity contribution in [1.29, 1.82) is 0 Å². The smallest absolute Gasteiger partial charge is 0.198 e. The minimum Gasteiger partial charge on any atom is -0.340 e. The number of rotatable bonds is 5. The van der Waals surface area contributed by atoms with Crippen LogP contribution < -0.4 is 11.1 Å². The fourth-order valence-electron chi connectivity index (χ4n) is 2.84. The molecule has 5 heteroatoms. The summed E-state index contributed by atoms with van der Waals surface area (Å²) in [4.78, 5) is 8.62. The molecule has 1 aliphatic heterocycles. The minimum absolute atomic E-state index is 0.0188. The second kappa shape index (κ2) is 8.77. The summed E-state index contributed by atoms with van der Waals surface area (Å²) in [6.45, 7) is 9.08. The fourth-order valence-corrected chi connectivity index (χ4v) is 3.39. The maximum Gasteiger partial charge on any atom is 0.198 e. The van der Waals surface area contributed by atoms with E-state index in [4.69, 9.17) is 10.7 Å². The summed E-state index contributed by atoms with van der Waals surface area (Å²) in [6.07, 6.45) is 5.87. The number of nitrogens with one attached hydrogen (secondary N) is 1. The molecule has 1 aromatic carbocycles. The molecule has 0 aromatic heterocycles. The summed E-state index contributed by atoms with van der Waals surface area (Å²) >= 11 is 1.76. The van der Waals surface area contributed by atoms with E-state index in [2.05, 4.69) is 61.5 Å². The van der Waals surface area contributed by atoms with E-state index in [0.29, 0.717) is 12.6 Å². The van der Waals surface area contributed by atoms with E-state index in [1.165, 1.54) is 24.2 Å². The lowest BCUT2D eigenvalue weighted by Crippen LogP contribution is -2.46. The monoisotopic (exact) mass is 348 g/mol. The summed E-state index contributed by atoms with van der Waals surface area (Å²) in [6, 6.07) is 8.95. The van der Waals surface area contributed by atoms with Crippen molar-refractivity contribution >= 4 is 23.4 Å². The number of hydrogen-bond donors (Lipinski definition) is 2. The zero-order valence-corrected chi connectivity index (χ0v) is 16.3. The molecule has 0 saturated carbocycles. The number of nitrogens with two attached hydrogens (primary N) is 1. The number of hydrogen-bond acceptors (Lipinski definition) is 3. The van der Waals surface area contributed by atoms with Crippen molar-refractivity contribution in [3.8, 4) is 0 Å². The van der Waals surface area contributed by atoms with E-state index in [-0.39, 0.29) is 5.41 Å². The van der Waals surface area contributed by atoms with Crippen molar-refractivity contribution in [1.82, 2.24) is 4.90 Å². The molecule has 0 radical (unpaired) electrons. The van der Waals surface area contributed by atoms with Crippen LogP contribution in [-0.4, -0.2) is 42.8 Å². The van der Waals surface area contributed by atoms with Gasteiger partial charge in [0.1, 0.15) is 0 Å². The average Bonchev–Trinajstić information content (AvgIpc) is 2.59. The predicted octanol–water partition coefficient (Wildman–Crippen LogP) is 4.04. The molecule has 0 spiro atoms. The van der Waals surface area contributed by atoms with Gasteiger partial charge in [-0.1, -0.05) is 26.0 Å². The van der Waals surface area contributed by atoms with Gasteiger partial charge in [-0.3, -0.25) is 4.99 Å². The van der Waals surface area contributed by atoms with Crippen LogP contribution in [0.25, 0.3) is 0 Å². The van der Waals surface area contributed by atoms with Gasteiger partial charge in [0.15, 0.2) is 5.96 Å². The number of anilines is 1. The molecule has 1 fully saturated rings. The highest BCUT2D eigenvalue weighted by molar-refractivity contribution is 7.98. The Labute approximate surface area is 151 Å². The van der Waals surface area contributed by atoms with E-state index in [9.17, 15) is 0 Å². The maximum absolute atomic E-state index is 5.89. The zero-order chi connectivity index (χ0) is 17.6. The number of likely N-dealkylation sites (tertiary alicyclic amines) is 1. The number of aliphatic imine (C=N–C) groups is 1. The average molecular weight is 349 g/mol. The molecule has 0 bridgehead atoms. The van der Waals surface area contributed by atoms with Crippen molar-refractivity contribution in [2.75, 3.05) is 31.2 Å². The van der Waals surface area contributed by atoms with Gasteiger partial charge in [-0.25, -0.2) is 0 Å². The lowest BCUT2D eigenvalue weighted by molar-refractivity contribution is 0.255. The SMILES string of the molecule is CSc1ccccc1NC(=NCC(C)(C)CN)N1CCCCC1C. The van der Waals surface area contributed by atoms with Crippen LogP contribution in [0.3, 0.4) is 0 Å². The second-order valence-corrected chi connectivity index (χ2v) is 8.22. The third kappa shape index (κ3) is 5.15. The first-order valence-electron chi connectivity index (χ1n) is 8.88. The summed E-state index contributed by atoms with van der Waals surface area (Å²) in [5.74, 6) is 0.991. The van der Waals surface area contributed by atoms with Crippen molar-refractivity contribution in [3.63, 3.8) is 0 Å². The van der Waals surface area contributed by atoms with Gasteiger partial charge in [0.2, 0.25) is 0 Å². The Morgan fingerprint density at radius 1 is 1.38 bits per heavy atom. The van der Waals surface area contributed by atoms with Crippen molar-refractivity contribution in [2.45, 2.75) is 51.0 Å². The van der Waals surface area contributed by atoms with E-state index < -0.39 is 0 Å². The van der Waals surface area contributed by atoms with Crippen molar-refractivity contribution < 1.29 is 0 Å². The number of benzene rings is 1. The van der Waals surface area contributed by atoms with Gasteiger partial charge in [0, 0.05) is 24.0 Å². The third-order valence-corrected chi connectivity index (χ3v) is 5.43. The summed E-state index contributed by atoms with van der Waals surface area (Å²) in [5.41, 5.74) is 7.04. The van der Waals surface area contributed by atoms with Crippen LogP contribution >= 0.6 is 11.8 Å². The first-order chi connectivity index (χ1) is 11.5. The molecule has 1 aliphatic rings. The van der Waals surface area contributed by atoms with Crippen LogP contribution in [0.1, 0.15) is 40.0 Å². The Hall–Kier alpha value is -1.20. The molecule has 134 valence electrons. The van der Waals surface area contributed by atoms with E-state index in [1.807, 2.05) is 0 Å². The molecule has 24 heavy (non-hydrogen) atoms. The van der Waals surface area contributed by atoms with Crippen LogP contribution in [-0.2, 0) is 0 Å². The summed E-state index contributed by atoms with van der Waals surface area (Å²) in [5, 5.41) is 3.61. The molecule has 1 saturated heterocycles. The van der Waals surface area contributed by atoms with Crippen LogP contribution in [0.4, 0.5) is 5.69 Å². The van der Waals surface area contributed by atoms with Gasteiger partial charge >= 0.3 is 0 Å². The zero-order valence-electron chi connectivity index (χ0n) is 15.5. The highest BCUT2D eigenvalue weighted by Gasteiger charge is 2.23. The standard InChI is InChI=1S/C19H32N4S/c1-15-9-7-8-12-23(15)18(21-14-19(2,3)13-20)22-16-10-5-6-11-17(16)24-4/h5-6,10-11,15H,7-9,12-14,20H2,1-4H3,(H,21,22). The van der Waals surface area contributed by atoms with Crippen molar-refractivity contribution in [2.24, 2.45) is 16.1 Å². The Bertz CT molecular complexity index is 556. The molecule has 1 aromatic rings. The molecular weight excluding hydrogens is 316 g/mol. The topological polar surface area (TPSA) is 53.6 Å². The molecule has 3 N–H and O–H groups in total. The Morgan fingerprint density at radius 3 is 2.79 bits per heavy atom. The fraction of sp³-hybridized carbons (Fsp3) is 0.632. The highest BCUT2D eigenvalue weighted by Crippen LogP contribution is 2.26. The molecular formula is C19H32N4S. The van der Waals surface area contributed by atoms with Crippen LogP contribution in [0, 0.1) is 5.41 Å². The first kappa shape index (κ1) is 19.1. The summed E-state index contributed by atoms with van der Waals surface area (Å²) < 4.78 is 0. The molecule has 1 unspecified atom stereocenters. The van der Waals surface area contributed by atoms with Gasteiger partial charge in [-0.15, -0.1) is 11.8 Å². The molecule has 1 heterocycles. The van der Waals surface area contributed by atoms with Gasteiger partial charge in [0.25, 0.3) is 0 Å². The molecule has 1 atom stereocenters. The maximum atomic E-state index is 5.89. The van der Waals surface area contributed by atoms with Crippen LogP contribution in [0.2, 0.25) is 0 Å². The molecule has 4 nitrogen and oxygen atoms in total. The first-order valence-corrected chi connectivity index (χ1v) is 10.1. The summed E-state index contributed by atoms with van der Waals surface area (Å²) in [7, 11) is 0. The van der Waals surface area contributed by atoms with Gasteiger partial charge in [-0.2, -0.15) is 0 Å². The van der Waals surface area contributed by atoms with Gasteiger partial charge in [-0.05, 0) is 56.5 Å². The van der Waals surface area contributed by atoms with E-state index in [0.717, 1.165) is 24.7 Å². The number of nitrogens with zero attached hydrogens (tertiary/aromatic N) is 2. The molecule has 0 aliphatic carbocycles. The van der Waals surface area contributed by atoms with Crippen LogP contribution in [0.15, 0.2) is 34.2 Å². The second-order valence-electron chi connectivity index (χ2n) is 7.37. The number of guanidine groups is 1. The molecule has 2 rings (SSSR count). The van der Waals surface area contributed by atoms with E-state index >= 15 is 0 Å². The quantitative estimate of drug-likeness (QED) is 0.479. The molecule has 0 amide bonds. The largest absolute Gasteiger partial charge is 0.340 e. The highest BCUT2D eigenvalue weighted by atomic mass is 32.2.